The molecular weight excluding hydrogens is 266 g/mol. The van der Waals surface area contributed by atoms with Crippen molar-refractivity contribution in [3.8, 4) is 0 Å². The van der Waals surface area contributed by atoms with Crippen molar-refractivity contribution in [2.24, 2.45) is 5.73 Å². The van der Waals surface area contributed by atoms with Crippen LogP contribution in [0, 0.1) is 0 Å². The van der Waals surface area contributed by atoms with Gasteiger partial charge in [-0.15, -0.1) is 0 Å². The van der Waals surface area contributed by atoms with E-state index < -0.39 is 12.1 Å². The molecule has 0 saturated carbocycles. The van der Waals surface area contributed by atoms with Crippen LogP contribution in [0.1, 0.15) is 12.5 Å². The number of carbonyl (C=O) groups excluding carboxylic acids is 2. The lowest BCUT2D eigenvalue weighted by molar-refractivity contribution is -0.132. The van der Waals surface area contributed by atoms with Crippen LogP contribution in [0.4, 0.5) is 0 Å². The van der Waals surface area contributed by atoms with Crippen molar-refractivity contribution in [2.75, 3.05) is 7.05 Å². The van der Waals surface area contributed by atoms with Crippen molar-refractivity contribution in [1.29, 1.82) is 0 Å². The van der Waals surface area contributed by atoms with Gasteiger partial charge in [0.15, 0.2) is 0 Å². The number of hydrogen-bond acceptors (Lipinski definition) is 3. The highest BCUT2D eigenvalue weighted by Crippen LogP contribution is 2.19. The zero-order valence-corrected chi connectivity index (χ0v) is 12.1. The van der Waals surface area contributed by atoms with Crippen LogP contribution in [0.2, 0.25) is 0 Å². The minimum absolute atomic E-state index is 0.203. The lowest BCUT2D eigenvalue weighted by atomic mass is 10.0. The van der Waals surface area contributed by atoms with Gasteiger partial charge in [0.1, 0.15) is 6.04 Å². The zero-order chi connectivity index (χ0) is 15.4. The van der Waals surface area contributed by atoms with E-state index in [-0.39, 0.29) is 11.8 Å². The van der Waals surface area contributed by atoms with E-state index in [0.717, 1.165) is 11.1 Å². The number of amides is 2. The first-order valence-electron chi connectivity index (χ1n) is 6.77. The summed E-state index contributed by atoms with van der Waals surface area (Å²) in [6, 6.07) is 8.31. The Hall–Kier alpha value is -2.40. The molecule has 0 fully saturated rings. The quantitative estimate of drug-likeness (QED) is 0.866. The Bertz CT molecular complexity index is 591. The summed E-state index contributed by atoms with van der Waals surface area (Å²) in [6.45, 7) is 1.58. The topological polar surface area (TPSA) is 75.4 Å². The number of rotatable bonds is 3. The molecule has 1 aliphatic heterocycles. The van der Waals surface area contributed by atoms with E-state index in [1.807, 2.05) is 36.4 Å². The van der Waals surface area contributed by atoms with Crippen LogP contribution in [-0.4, -0.2) is 35.8 Å². The van der Waals surface area contributed by atoms with Crippen molar-refractivity contribution in [1.82, 2.24) is 10.2 Å². The molecule has 0 saturated heterocycles. The fourth-order valence-electron chi connectivity index (χ4n) is 2.00. The average molecular weight is 285 g/mol. The number of allylic oxidation sites excluding steroid dienone is 2. The molecule has 21 heavy (non-hydrogen) atoms. The van der Waals surface area contributed by atoms with Crippen molar-refractivity contribution in [2.45, 2.75) is 19.0 Å². The number of carbonyl (C=O) groups is 2. The highest BCUT2D eigenvalue weighted by molar-refractivity contribution is 5.94. The summed E-state index contributed by atoms with van der Waals surface area (Å²) in [7, 11) is 1.66. The second kappa shape index (κ2) is 6.37. The summed E-state index contributed by atoms with van der Waals surface area (Å²) >= 11 is 0. The fourth-order valence-corrected chi connectivity index (χ4v) is 2.00. The van der Waals surface area contributed by atoms with Gasteiger partial charge >= 0.3 is 0 Å². The summed E-state index contributed by atoms with van der Waals surface area (Å²) in [4.78, 5) is 25.5. The SMILES string of the molecule is CC(N)C(=O)N[C@H]1C=C(c2ccccc2)C=CN(C)C1=O. The fraction of sp³-hybridized carbons (Fsp3) is 0.250. The van der Waals surface area contributed by atoms with Crippen LogP contribution in [-0.2, 0) is 9.59 Å². The standard InChI is InChI=1S/C16H19N3O2/c1-11(17)15(20)18-14-10-13(8-9-19(2)16(14)21)12-6-4-3-5-7-12/h3-11,14H,17H2,1-2H3,(H,18,20)/t11?,14-/m0/s1. The Morgan fingerprint density at radius 1 is 1.33 bits per heavy atom. The predicted octanol–water partition coefficient (Wildman–Crippen LogP) is 0.888. The van der Waals surface area contributed by atoms with Gasteiger partial charge in [-0.2, -0.15) is 0 Å². The smallest absolute Gasteiger partial charge is 0.252 e. The first kappa shape index (κ1) is 15.0. The van der Waals surface area contributed by atoms with Crippen molar-refractivity contribution in [3.63, 3.8) is 0 Å². The minimum atomic E-state index is -0.723. The Balaban J connectivity index is 2.33. The van der Waals surface area contributed by atoms with E-state index >= 15 is 0 Å². The monoisotopic (exact) mass is 285 g/mol. The summed E-state index contributed by atoms with van der Waals surface area (Å²) < 4.78 is 0. The molecule has 0 aromatic heterocycles. The van der Waals surface area contributed by atoms with E-state index in [0.29, 0.717) is 0 Å². The number of hydrogen-bond donors (Lipinski definition) is 2. The van der Waals surface area contributed by atoms with E-state index in [2.05, 4.69) is 5.32 Å². The van der Waals surface area contributed by atoms with Crippen LogP contribution >= 0.6 is 0 Å². The Morgan fingerprint density at radius 2 is 2.00 bits per heavy atom. The van der Waals surface area contributed by atoms with Gasteiger partial charge in [0.05, 0.1) is 6.04 Å². The van der Waals surface area contributed by atoms with Gasteiger partial charge < -0.3 is 16.0 Å². The molecule has 0 spiro atoms. The minimum Gasteiger partial charge on any atom is -0.340 e. The molecular formula is C16H19N3O2. The molecule has 1 aliphatic rings. The third-order valence-corrected chi connectivity index (χ3v) is 3.26. The second-order valence-electron chi connectivity index (χ2n) is 5.03. The molecule has 1 unspecified atom stereocenters. The largest absolute Gasteiger partial charge is 0.340 e. The van der Waals surface area contributed by atoms with Crippen LogP contribution in [0.5, 0.6) is 0 Å². The number of benzene rings is 1. The zero-order valence-electron chi connectivity index (χ0n) is 12.1. The maximum atomic E-state index is 12.3. The van der Waals surface area contributed by atoms with Gasteiger partial charge in [-0.25, -0.2) is 0 Å². The molecule has 1 aromatic carbocycles. The van der Waals surface area contributed by atoms with Crippen LogP contribution in [0.15, 0.2) is 48.7 Å². The number of nitrogens with one attached hydrogen (secondary N) is 1. The van der Waals surface area contributed by atoms with E-state index in [1.165, 1.54) is 4.90 Å². The van der Waals surface area contributed by atoms with Crippen molar-refractivity contribution in [3.05, 3.63) is 54.2 Å². The average Bonchev–Trinajstić information content (AvgIpc) is 2.62. The summed E-state index contributed by atoms with van der Waals surface area (Å²) in [5.41, 5.74) is 7.41. The lowest BCUT2D eigenvalue weighted by Crippen LogP contribution is -2.49. The normalized spacial score (nSPS) is 19.8. The lowest BCUT2D eigenvalue weighted by Gasteiger charge is -2.19. The molecule has 3 N–H and O–H groups in total. The molecule has 110 valence electrons. The molecule has 2 rings (SSSR count). The highest BCUT2D eigenvalue weighted by atomic mass is 16.2. The number of likely N-dealkylation sites (N-methyl/N-ethyl adjacent to an activating group) is 1. The third kappa shape index (κ3) is 3.58. The van der Waals surface area contributed by atoms with Gasteiger partial charge in [-0.3, -0.25) is 9.59 Å². The molecule has 1 heterocycles. The summed E-state index contributed by atoms with van der Waals surface area (Å²) in [5, 5.41) is 2.67. The van der Waals surface area contributed by atoms with E-state index in [4.69, 9.17) is 5.73 Å². The first-order valence-corrected chi connectivity index (χ1v) is 6.77. The van der Waals surface area contributed by atoms with Crippen LogP contribution < -0.4 is 11.1 Å². The van der Waals surface area contributed by atoms with Crippen molar-refractivity contribution >= 4 is 17.4 Å². The molecule has 5 heteroatoms. The number of nitrogens with two attached hydrogens (primary N) is 1. The summed E-state index contributed by atoms with van der Waals surface area (Å²) in [5.74, 6) is -0.557. The van der Waals surface area contributed by atoms with Gasteiger partial charge in [0, 0.05) is 13.2 Å². The molecule has 5 nitrogen and oxygen atoms in total. The van der Waals surface area contributed by atoms with Crippen LogP contribution in [0.25, 0.3) is 5.57 Å². The molecule has 2 amide bonds. The first-order chi connectivity index (χ1) is 9.99. The molecule has 1 aromatic rings. The van der Waals surface area contributed by atoms with Gasteiger partial charge in [0.2, 0.25) is 5.91 Å². The van der Waals surface area contributed by atoms with Crippen molar-refractivity contribution < 1.29 is 9.59 Å². The number of nitrogens with zero attached hydrogens (tertiary/aromatic N) is 1. The summed E-state index contributed by atoms with van der Waals surface area (Å²) in [6.07, 6.45) is 5.29. The second-order valence-corrected chi connectivity index (χ2v) is 5.03. The van der Waals surface area contributed by atoms with Gasteiger partial charge in [-0.1, -0.05) is 30.3 Å². The Morgan fingerprint density at radius 3 is 2.62 bits per heavy atom. The van der Waals surface area contributed by atoms with Gasteiger partial charge in [0.25, 0.3) is 5.91 Å². The third-order valence-electron chi connectivity index (χ3n) is 3.26. The maximum absolute atomic E-state index is 12.3. The van der Waals surface area contributed by atoms with E-state index in [1.54, 1.807) is 26.2 Å². The maximum Gasteiger partial charge on any atom is 0.252 e. The van der Waals surface area contributed by atoms with Gasteiger partial charge in [-0.05, 0) is 30.2 Å². The molecule has 0 bridgehead atoms. The molecule has 2 atom stereocenters. The van der Waals surface area contributed by atoms with Crippen LogP contribution in [0.3, 0.4) is 0 Å². The highest BCUT2D eigenvalue weighted by Gasteiger charge is 2.24. The Kier molecular flexibility index (Phi) is 4.55. The van der Waals surface area contributed by atoms with E-state index in [9.17, 15) is 9.59 Å². The predicted molar refractivity (Wildman–Crippen MR) is 81.9 cm³/mol. The molecule has 0 aliphatic carbocycles. The Labute approximate surface area is 124 Å². The molecule has 0 radical (unpaired) electrons.